The number of benzene rings is 2. The zero-order valence-electron chi connectivity index (χ0n) is 16.3. The second-order valence-corrected chi connectivity index (χ2v) is 6.57. The minimum absolute atomic E-state index is 0.0428. The Bertz CT molecular complexity index is 979. The van der Waals surface area contributed by atoms with Crippen LogP contribution >= 0.6 is 0 Å². The predicted octanol–water partition coefficient (Wildman–Crippen LogP) is 3.91. The molecule has 0 unspecified atom stereocenters. The Labute approximate surface area is 168 Å². The molecule has 0 aliphatic rings. The van der Waals surface area contributed by atoms with Crippen molar-refractivity contribution in [3.63, 3.8) is 0 Å². The summed E-state index contributed by atoms with van der Waals surface area (Å²) in [6.45, 7) is 3.71. The van der Waals surface area contributed by atoms with Gasteiger partial charge in [-0.15, -0.1) is 0 Å². The molecule has 0 saturated heterocycles. The molecule has 0 aliphatic carbocycles. The number of hydrogen-bond acceptors (Lipinski definition) is 6. The van der Waals surface area contributed by atoms with Gasteiger partial charge in [0.25, 0.3) is 5.91 Å². The topological polar surface area (TPSA) is 90.7 Å². The standard InChI is InChI=1S/C22H22N2O5/c1-15-6-8-17(9-7-15)19-13-21(29-24-19)23-20(25)14-28-22(26)10-11-27-18-5-3-4-16(2)12-18/h3-9,12-13H,10-11,14H2,1-2H3,(H,23,25). The predicted molar refractivity (Wildman–Crippen MR) is 108 cm³/mol. The van der Waals surface area contributed by atoms with Crippen LogP contribution in [0.25, 0.3) is 11.3 Å². The summed E-state index contributed by atoms with van der Waals surface area (Å²) in [6.07, 6.45) is 0.0428. The van der Waals surface area contributed by atoms with Crippen molar-refractivity contribution in [2.24, 2.45) is 0 Å². The fourth-order valence-corrected chi connectivity index (χ4v) is 2.54. The first-order valence-electron chi connectivity index (χ1n) is 9.18. The van der Waals surface area contributed by atoms with Gasteiger partial charge in [-0.3, -0.25) is 14.9 Å². The minimum Gasteiger partial charge on any atom is -0.493 e. The number of esters is 1. The van der Waals surface area contributed by atoms with E-state index in [4.69, 9.17) is 14.0 Å². The van der Waals surface area contributed by atoms with Crippen LogP contribution in [0.4, 0.5) is 5.88 Å². The van der Waals surface area contributed by atoms with Gasteiger partial charge in [0, 0.05) is 11.6 Å². The number of anilines is 1. The number of carbonyl (C=O) groups excluding carboxylic acids is 2. The zero-order chi connectivity index (χ0) is 20.6. The minimum atomic E-state index is -0.522. The molecule has 29 heavy (non-hydrogen) atoms. The maximum atomic E-state index is 11.9. The highest BCUT2D eigenvalue weighted by Gasteiger charge is 2.12. The summed E-state index contributed by atoms with van der Waals surface area (Å²) in [6, 6.07) is 16.9. The number of amides is 1. The largest absolute Gasteiger partial charge is 0.493 e. The van der Waals surface area contributed by atoms with Crippen molar-refractivity contribution in [3.05, 3.63) is 65.7 Å². The van der Waals surface area contributed by atoms with E-state index >= 15 is 0 Å². The highest BCUT2D eigenvalue weighted by atomic mass is 16.5. The van der Waals surface area contributed by atoms with Crippen molar-refractivity contribution in [1.29, 1.82) is 0 Å². The highest BCUT2D eigenvalue weighted by Crippen LogP contribution is 2.22. The molecule has 7 heteroatoms. The summed E-state index contributed by atoms with van der Waals surface area (Å²) in [5.41, 5.74) is 3.68. The molecule has 2 aromatic carbocycles. The maximum absolute atomic E-state index is 11.9. The third-order valence-electron chi connectivity index (χ3n) is 4.05. The number of ether oxygens (including phenoxy) is 2. The van der Waals surface area contributed by atoms with Crippen molar-refractivity contribution in [3.8, 4) is 17.0 Å². The summed E-state index contributed by atoms with van der Waals surface area (Å²) in [4.78, 5) is 23.7. The number of aryl methyl sites for hydroxylation is 2. The van der Waals surface area contributed by atoms with Gasteiger partial charge in [-0.05, 0) is 31.5 Å². The molecule has 0 saturated carbocycles. The SMILES string of the molecule is Cc1ccc(-c2cc(NC(=O)COC(=O)CCOc3cccc(C)c3)on2)cc1. The van der Waals surface area contributed by atoms with Gasteiger partial charge in [0.05, 0.1) is 13.0 Å². The van der Waals surface area contributed by atoms with Gasteiger partial charge in [-0.2, -0.15) is 0 Å². The molecule has 1 N–H and O–H groups in total. The van der Waals surface area contributed by atoms with Crippen LogP contribution < -0.4 is 10.1 Å². The lowest BCUT2D eigenvalue weighted by atomic mass is 10.1. The van der Waals surface area contributed by atoms with Crippen molar-refractivity contribution < 1.29 is 23.6 Å². The fourth-order valence-electron chi connectivity index (χ4n) is 2.54. The molecule has 0 radical (unpaired) electrons. The molecule has 0 fully saturated rings. The number of nitrogens with one attached hydrogen (secondary N) is 1. The fraction of sp³-hybridized carbons (Fsp3) is 0.227. The van der Waals surface area contributed by atoms with Crippen LogP contribution in [-0.4, -0.2) is 30.2 Å². The third-order valence-corrected chi connectivity index (χ3v) is 4.05. The number of hydrogen-bond donors (Lipinski definition) is 1. The summed E-state index contributed by atoms with van der Waals surface area (Å²) >= 11 is 0. The lowest BCUT2D eigenvalue weighted by molar-refractivity contribution is -0.147. The number of carbonyl (C=O) groups is 2. The van der Waals surface area contributed by atoms with Gasteiger partial charge in [0.1, 0.15) is 11.4 Å². The van der Waals surface area contributed by atoms with Gasteiger partial charge in [-0.1, -0.05) is 47.1 Å². The van der Waals surface area contributed by atoms with Crippen LogP contribution in [0.2, 0.25) is 0 Å². The van der Waals surface area contributed by atoms with E-state index in [2.05, 4.69) is 10.5 Å². The summed E-state index contributed by atoms with van der Waals surface area (Å²) in [7, 11) is 0. The molecular weight excluding hydrogens is 372 g/mol. The lowest BCUT2D eigenvalue weighted by Gasteiger charge is -2.07. The van der Waals surface area contributed by atoms with E-state index in [1.165, 1.54) is 0 Å². The molecule has 1 heterocycles. The van der Waals surface area contributed by atoms with Gasteiger partial charge in [-0.25, -0.2) is 0 Å². The van der Waals surface area contributed by atoms with Crippen molar-refractivity contribution >= 4 is 17.8 Å². The van der Waals surface area contributed by atoms with E-state index in [0.717, 1.165) is 16.7 Å². The average Bonchev–Trinajstić information content (AvgIpc) is 3.15. The van der Waals surface area contributed by atoms with Crippen LogP contribution in [0.15, 0.2) is 59.1 Å². The van der Waals surface area contributed by atoms with E-state index < -0.39 is 18.5 Å². The first-order valence-corrected chi connectivity index (χ1v) is 9.18. The quantitative estimate of drug-likeness (QED) is 0.583. The lowest BCUT2D eigenvalue weighted by Crippen LogP contribution is -2.21. The molecule has 7 nitrogen and oxygen atoms in total. The van der Waals surface area contributed by atoms with Gasteiger partial charge in [0.2, 0.25) is 5.88 Å². The Morgan fingerprint density at radius 1 is 1.03 bits per heavy atom. The Hall–Kier alpha value is -3.61. The normalized spacial score (nSPS) is 10.4. The zero-order valence-corrected chi connectivity index (χ0v) is 16.3. The molecule has 1 aromatic heterocycles. The summed E-state index contributed by atoms with van der Waals surface area (Å²) in [5.74, 6) is -0.162. The Morgan fingerprint density at radius 3 is 2.59 bits per heavy atom. The Balaban J connectivity index is 1.39. The van der Waals surface area contributed by atoms with Gasteiger partial charge >= 0.3 is 5.97 Å². The first-order chi connectivity index (χ1) is 14.0. The summed E-state index contributed by atoms with van der Waals surface area (Å²) < 4.78 is 15.5. The van der Waals surface area contributed by atoms with Crippen LogP contribution in [-0.2, 0) is 14.3 Å². The van der Waals surface area contributed by atoms with Crippen LogP contribution in [0.5, 0.6) is 5.75 Å². The second kappa shape index (κ2) is 9.54. The molecule has 0 atom stereocenters. The molecular formula is C22H22N2O5. The summed E-state index contributed by atoms with van der Waals surface area (Å²) in [5, 5.41) is 6.44. The van der Waals surface area contributed by atoms with Crippen molar-refractivity contribution in [2.45, 2.75) is 20.3 Å². The molecule has 3 rings (SSSR count). The third kappa shape index (κ3) is 6.21. The second-order valence-electron chi connectivity index (χ2n) is 6.57. The van der Waals surface area contributed by atoms with Crippen LogP contribution in [0.1, 0.15) is 17.5 Å². The smallest absolute Gasteiger partial charge is 0.309 e. The van der Waals surface area contributed by atoms with E-state index in [1.807, 2.05) is 62.4 Å². The van der Waals surface area contributed by atoms with Gasteiger partial charge < -0.3 is 14.0 Å². The molecule has 3 aromatic rings. The van der Waals surface area contributed by atoms with E-state index in [0.29, 0.717) is 11.4 Å². The Morgan fingerprint density at radius 2 is 1.83 bits per heavy atom. The van der Waals surface area contributed by atoms with E-state index in [-0.39, 0.29) is 18.9 Å². The number of nitrogens with zero attached hydrogens (tertiary/aromatic N) is 1. The number of rotatable bonds is 8. The molecule has 0 bridgehead atoms. The van der Waals surface area contributed by atoms with Crippen molar-refractivity contribution in [2.75, 3.05) is 18.5 Å². The average molecular weight is 394 g/mol. The molecule has 1 amide bonds. The van der Waals surface area contributed by atoms with E-state index in [1.54, 1.807) is 6.07 Å². The van der Waals surface area contributed by atoms with Crippen LogP contribution in [0, 0.1) is 13.8 Å². The van der Waals surface area contributed by atoms with E-state index in [9.17, 15) is 9.59 Å². The van der Waals surface area contributed by atoms with Gasteiger partial charge in [0.15, 0.2) is 6.61 Å². The molecule has 0 aliphatic heterocycles. The first kappa shape index (κ1) is 20.1. The maximum Gasteiger partial charge on any atom is 0.309 e. The van der Waals surface area contributed by atoms with Crippen molar-refractivity contribution in [1.82, 2.24) is 5.16 Å². The highest BCUT2D eigenvalue weighted by molar-refractivity contribution is 5.92. The number of aromatic nitrogens is 1. The molecule has 0 spiro atoms. The van der Waals surface area contributed by atoms with Crippen LogP contribution in [0.3, 0.4) is 0 Å². The monoisotopic (exact) mass is 394 g/mol. The Kier molecular flexibility index (Phi) is 6.63. The molecule has 150 valence electrons.